The molecule has 3 rings (SSSR count). The Morgan fingerprint density at radius 1 is 0.929 bits per heavy atom. The van der Waals surface area contributed by atoms with Crippen LogP contribution < -0.4 is 4.90 Å². The van der Waals surface area contributed by atoms with Crippen LogP contribution >= 0.6 is 0 Å². The van der Waals surface area contributed by atoms with E-state index in [0.29, 0.717) is 37.3 Å². The Morgan fingerprint density at radius 3 is 2.18 bits per heavy atom. The zero-order chi connectivity index (χ0) is 19.8. The molecule has 0 fully saturated rings. The van der Waals surface area contributed by atoms with E-state index < -0.39 is 0 Å². The first-order valence-corrected chi connectivity index (χ1v) is 9.01. The molecule has 0 spiro atoms. The van der Waals surface area contributed by atoms with Crippen LogP contribution in [0.2, 0.25) is 0 Å². The largest absolute Gasteiger partial charge is 0.422 e. The summed E-state index contributed by atoms with van der Waals surface area (Å²) in [7, 11) is 0. The number of nitriles is 2. The fourth-order valence-corrected chi connectivity index (χ4v) is 2.93. The van der Waals surface area contributed by atoms with Crippen molar-refractivity contribution in [2.24, 2.45) is 0 Å². The summed E-state index contributed by atoms with van der Waals surface area (Å²) < 4.78 is 5.37. The highest BCUT2D eigenvalue weighted by Gasteiger charge is 2.21. The molecule has 0 radical (unpaired) electrons. The second-order valence-electron chi connectivity index (χ2n) is 6.26. The monoisotopic (exact) mass is 369 g/mol. The summed E-state index contributed by atoms with van der Waals surface area (Å²) >= 11 is 0. The van der Waals surface area contributed by atoms with Gasteiger partial charge in [0, 0.05) is 24.3 Å². The van der Waals surface area contributed by atoms with Gasteiger partial charge in [-0.3, -0.25) is 0 Å². The SMILES string of the molecule is N#CCCN(CCC#N)c1ccc(/C=C2/C=C(c3ccccc3)OC2=O)cc1. The van der Waals surface area contributed by atoms with E-state index in [1.807, 2.05) is 59.5 Å². The Hall–Kier alpha value is -3.83. The molecule has 1 aliphatic rings. The number of ether oxygens (including phenoxy) is 1. The van der Waals surface area contributed by atoms with Crippen molar-refractivity contribution in [2.45, 2.75) is 12.8 Å². The van der Waals surface area contributed by atoms with E-state index in [2.05, 4.69) is 12.1 Å². The van der Waals surface area contributed by atoms with Gasteiger partial charge in [0.25, 0.3) is 0 Å². The van der Waals surface area contributed by atoms with Gasteiger partial charge in [0.2, 0.25) is 0 Å². The summed E-state index contributed by atoms with van der Waals surface area (Å²) in [6, 6.07) is 21.5. The predicted molar refractivity (Wildman–Crippen MR) is 108 cm³/mol. The number of carbonyl (C=O) groups excluding carboxylic acids is 1. The van der Waals surface area contributed by atoms with E-state index in [4.69, 9.17) is 15.3 Å². The number of hydrogen-bond acceptors (Lipinski definition) is 5. The van der Waals surface area contributed by atoms with Crippen molar-refractivity contribution in [3.8, 4) is 12.1 Å². The molecule has 0 amide bonds. The van der Waals surface area contributed by atoms with Gasteiger partial charge < -0.3 is 9.64 Å². The maximum absolute atomic E-state index is 12.2. The zero-order valence-electron chi connectivity index (χ0n) is 15.3. The number of nitrogens with zero attached hydrogens (tertiary/aromatic N) is 3. The van der Waals surface area contributed by atoms with Crippen LogP contribution in [-0.2, 0) is 9.53 Å². The van der Waals surface area contributed by atoms with Gasteiger partial charge in [-0.1, -0.05) is 42.5 Å². The van der Waals surface area contributed by atoms with Crippen molar-refractivity contribution in [1.29, 1.82) is 10.5 Å². The lowest BCUT2D eigenvalue weighted by Crippen LogP contribution is -2.25. The average Bonchev–Trinajstić information content (AvgIpc) is 3.10. The lowest BCUT2D eigenvalue weighted by molar-refractivity contribution is -0.130. The highest BCUT2D eigenvalue weighted by atomic mass is 16.5. The smallest absolute Gasteiger partial charge is 0.343 e. The first kappa shape index (κ1) is 18.9. The van der Waals surface area contributed by atoms with Crippen LogP contribution in [0, 0.1) is 22.7 Å². The van der Waals surface area contributed by atoms with Crippen molar-refractivity contribution in [1.82, 2.24) is 0 Å². The third-order valence-electron chi connectivity index (χ3n) is 4.35. The van der Waals surface area contributed by atoms with E-state index >= 15 is 0 Å². The number of esters is 1. The van der Waals surface area contributed by atoms with E-state index in [9.17, 15) is 4.79 Å². The van der Waals surface area contributed by atoms with Gasteiger partial charge in [0.05, 0.1) is 30.6 Å². The topological polar surface area (TPSA) is 77.1 Å². The van der Waals surface area contributed by atoms with Crippen LogP contribution in [-0.4, -0.2) is 19.1 Å². The summed E-state index contributed by atoms with van der Waals surface area (Å²) in [4.78, 5) is 14.2. The standard InChI is InChI=1S/C23H19N3O2/c24-12-4-14-26(15-5-13-25)21-10-8-18(9-11-21)16-20-17-22(28-23(20)27)19-6-2-1-3-7-19/h1-3,6-11,16-17H,4-5,14-15H2/b20-16-. The van der Waals surface area contributed by atoms with Crippen LogP contribution in [0.1, 0.15) is 24.0 Å². The summed E-state index contributed by atoms with van der Waals surface area (Å²) in [5.41, 5.74) is 3.18. The van der Waals surface area contributed by atoms with E-state index in [-0.39, 0.29) is 5.97 Å². The minimum atomic E-state index is -0.368. The summed E-state index contributed by atoms with van der Waals surface area (Å²) in [6.07, 6.45) is 4.33. The number of anilines is 1. The third-order valence-corrected chi connectivity index (χ3v) is 4.35. The fraction of sp³-hybridized carbons (Fsp3) is 0.174. The van der Waals surface area contributed by atoms with Crippen molar-refractivity contribution in [3.05, 3.63) is 77.4 Å². The van der Waals surface area contributed by atoms with E-state index in [1.165, 1.54) is 0 Å². The second-order valence-corrected chi connectivity index (χ2v) is 6.26. The van der Waals surface area contributed by atoms with Crippen LogP contribution in [0.3, 0.4) is 0 Å². The van der Waals surface area contributed by atoms with Crippen LogP contribution in [0.15, 0.2) is 66.2 Å². The Bertz CT molecular complexity index is 959. The van der Waals surface area contributed by atoms with E-state index in [0.717, 1.165) is 16.8 Å². The number of benzene rings is 2. The summed E-state index contributed by atoms with van der Waals surface area (Å²) in [5.74, 6) is 0.181. The molecule has 2 aromatic carbocycles. The number of cyclic esters (lactones) is 1. The van der Waals surface area contributed by atoms with Crippen molar-refractivity contribution >= 4 is 23.5 Å². The molecule has 1 aliphatic heterocycles. The van der Waals surface area contributed by atoms with Gasteiger partial charge in [0.15, 0.2) is 0 Å². The van der Waals surface area contributed by atoms with Crippen LogP contribution in [0.25, 0.3) is 11.8 Å². The van der Waals surface area contributed by atoms with Crippen molar-refractivity contribution in [3.63, 3.8) is 0 Å². The highest BCUT2D eigenvalue weighted by Crippen LogP contribution is 2.27. The summed E-state index contributed by atoms with van der Waals surface area (Å²) in [5, 5.41) is 17.6. The molecule has 0 saturated heterocycles. The molecule has 0 atom stereocenters. The molecular formula is C23H19N3O2. The molecule has 0 aliphatic carbocycles. The van der Waals surface area contributed by atoms with E-state index in [1.54, 1.807) is 12.2 Å². The number of carbonyl (C=O) groups is 1. The maximum atomic E-state index is 12.2. The van der Waals surface area contributed by atoms with Crippen molar-refractivity contribution < 1.29 is 9.53 Å². The second kappa shape index (κ2) is 9.21. The molecule has 0 N–H and O–H groups in total. The molecule has 1 heterocycles. The molecule has 0 saturated carbocycles. The fourth-order valence-electron chi connectivity index (χ4n) is 2.93. The maximum Gasteiger partial charge on any atom is 0.343 e. The van der Waals surface area contributed by atoms with Crippen LogP contribution in [0.5, 0.6) is 0 Å². The molecule has 2 aromatic rings. The Morgan fingerprint density at radius 2 is 1.57 bits per heavy atom. The minimum Gasteiger partial charge on any atom is -0.422 e. The molecule has 138 valence electrons. The molecule has 0 bridgehead atoms. The summed E-state index contributed by atoms with van der Waals surface area (Å²) in [6.45, 7) is 1.15. The van der Waals surface area contributed by atoms with Gasteiger partial charge in [-0.05, 0) is 29.8 Å². The molecule has 0 unspecified atom stereocenters. The van der Waals surface area contributed by atoms with Crippen molar-refractivity contribution in [2.75, 3.05) is 18.0 Å². The van der Waals surface area contributed by atoms with Gasteiger partial charge >= 0.3 is 5.97 Å². The molecule has 5 heteroatoms. The highest BCUT2D eigenvalue weighted by molar-refractivity contribution is 6.05. The number of hydrogen-bond donors (Lipinski definition) is 0. The van der Waals surface area contributed by atoms with Gasteiger partial charge in [-0.2, -0.15) is 10.5 Å². The quantitative estimate of drug-likeness (QED) is 0.537. The molecule has 0 aromatic heterocycles. The lowest BCUT2D eigenvalue weighted by atomic mass is 10.1. The van der Waals surface area contributed by atoms with Gasteiger partial charge in [-0.25, -0.2) is 4.79 Å². The van der Waals surface area contributed by atoms with Gasteiger partial charge in [-0.15, -0.1) is 0 Å². The molecule has 5 nitrogen and oxygen atoms in total. The first-order chi connectivity index (χ1) is 13.7. The average molecular weight is 369 g/mol. The minimum absolute atomic E-state index is 0.368. The first-order valence-electron chi connectivity index (χ1n) is 9.01. The lowest BCUT2D eigenvalue weighted by Gasteiger charge is -2.22. The Kier molecular flexibility index (Phi) is 6.23. The van der Waals surface area contributed by atoms with Crippen LogP contribution in [0.4, 0.5) is 5.69 Å². The molecular weight excluding hydrogens is 350 g/mol. The van der Waals surface area contributed by atoms with Gasteiger partial charge in [0.1, 0.15) is 5.76 Å². The zero-order valence-corrected chi connectivity index (χ0v) is 15.3. The normalized spacial score (nSPS) is 14.1. The third kappa shape index (κ3) is 4.66. The molecule has 28 heavy (non-hydrogen) atoms. The predicted octanol–water partition coefficient (Wildman–Crippen LogP) is 4.30. The Balaban J connectivity index is 1.77. The number of rotatable bonds is 7. The Labute approximate surface area is 164 Å².